The molecule has 0 radical (unpaired) electrons. The third kappa shape index (κ3) is 4.18. The van der Waals surface area contributed by atoms with Crippen LogP contribution in [0.25, 0.3) is 0 Å². The largest absolute Gasteiger partial charge is 0.278 e. The Hall–Kier alpha value is -2.22. The van der Waals surface area contributed by atoms with Gasteiger partial charge in [0.2, 0.25) is 0 Å². The average molecular weight is 250 g/mol. The first kappa shape index (κ1) is 13.2. The van der Waals surface area contributed by atoms with Crippen LogP contribution in [0.1, 0.15) is 25.1 Å². The van der Waals surface area contributed by atoms with Crippen molar-refractivity contribution in [3.05, 3.63) is 77.6 Å². The lowest BCUT2D eigenvalue weighted by Crippen LogP contribution is -2.01. The predicted molar refractivity (Wildman–Crippen MR) is 80.4 cm³/mol. The van der Waals surface area contributed by atoms with Crippen molar-refractivity contribution in [1.29, 1.82) is 0 Å². The van der Waals surface area contributed by atoms with Crippen molar-refractivity contribution in [3.63, 3.8) is 0 Å². The molecule has 1 heterocycles. The van der Waals surface area contributed by atoms with Gasteiger partial charge in [-0.2, -0.15) is 0 Å². The van der Waals surface area contributed by atoms with Crippen LogP contribution >= 0.6 is 0 Å². The molecule has 0 spiro atoms. The smallest absolute Gasteiger partial charge is 0.0881 e. The second kappa shape index (κ2) is 6.64. The van der Waals surface area contributed by atoms with Crippen LogP contribution in [0, 0.1) is 0 Å². The molecule has 0 amide bonds. The van der Waals surface area contributed by atoms with E-state index >= 15 is 0 Å². The fourth-order valence-electron chi connectivity index (χ4n) is 1.75. The van der Waals surface area contributed by atoms with Crippen LogP contribution in [-0.2, 0) is 6.54 Å². The molecule has 2 heteroatoms. The summed E-state index contributed by atoms with van der Waals surface area (Å²) in [6.45, 7) is 4.82. The molecule has 2 aromatic rings. The number of hydrogen-bond acceptors (Lipinski definition) is 2. The van der Waals surface area contributed by atoms with E-state index in [1.54, 1.807) is 6.20 Å². The summed E-state index contributed by atoms with van der Waals surface area (Å²) in [6, 6.07) is 16.1. The van der Waals surface area contributed by atoms with Gasteiger partial charge >= 0.3 is 0 Å². The first-order valence-corrected chi connectivity index (χ1v) is 6.40. The highest BCUT2D eigenvalue weighted by atomic mass is 14.8. The van der Waals surface area contributed by atoms with Crippen LogP contribution in [0.3, 0.4) is 0 Å². The molecule has 0 atom stereocenters. The van der Waals surface area contributed by atoms with E-state index in [0.717, 1.165) is 11.4 Å². The Balaban J connectivity index is 2.26. The zero-order valence-corrected chi connectivity index (χ0v) is 11.4. The summed E-state index contributed by atoms with van der Waals surface area (Å²) in [5, 5.41) is 0. The summed E-state index contributed by atoms with van der Waals surface area (Å²) < 4.78 is 0. The number of benzene rings is 1. The minimum atomic E-state index is 0.677. The highest BCUT2D eigenvalue weighted by Crippen LogP contribution is 2.06. The van der Waals surface area contributed by atoms with E-state index in [1.165, 1.54) is 11.1 Å². The number of hydrogen-bond donors (Lipinski definition) is 0. The van der Waals surface area contributed by atoms with E-state index in [2.05, 4.69) is 42.0 Å². The van der Waals surface area contributed by atoms with Crippen molar-refractivity contribution in [3.8, 4) is 0 Å². The average Bonchev–Trinajstić information content (AvgIpc) is 2.45. The third-order valence-electron chi connectivity index (χ3n) is 2.63. The van der Waals surface area contributed by atoms with Gasteiger partial charge in [-0.15, -0.1) is 0 Å². The van der Waals surface area contributed by atoms with E-state index in [-0.39, 0.29) is 0 Å². The lowest BCUT2D eigenvalue weighted by Gasteiger charge is -2.03. The molecule has 0 bridgehead atoms. The summed E-state index contributed by atoms with van der Waals surface area (Å²) in [5.74, 6) is 0. The van der Waals surface area contributed by atoms with Crippen LogP contribution in [0.2, 0.25) is 0 Å². The Bertz CT molecular complexity index is 565. The molecule has 2 rings (SSSR count). The van der Waals surface area contributed by atoms with Gasteiger partial charge in [-0.3, -0.25) is 9.98 Å². The van der Waals surface area contributed by atoms with Gasteiger partial charge in [-0.25, -0.2) is 0 Å². The first-order valence-electron chi connectivity index (χ1n) is 6.40. The van der Waals surface area contributed by atoms with E-state index in [0.29, 0.717) is 6.54 Å². The zero-order chi connectivity index (χ0) is 13.5. The second-order valence-corrected chi connectivity index (χ2v) is 4.62. The van der Waals surface area contributed by atoms with Crippen molar-refractivity contribution in [1.82, 2.24) is 4.98 Å². The lowest BCUT2D eigenvalue weighted by molar-refractivity contribution is 1.06. The van der Waals surface area contributed by atoms with E-state index in [1.807, 2.05) is 36.4 Å². The summed E-state index contributed by atoms with van der Waals surface area (Å²) in [5.41, 5.74) is 4.28. The van der Waals surface area contributed by atoms with Crippen LogP contribution in [0.15, 0.2) is 71.4 Å². The third-order valence-corrected chi connectivity index (χ3v) is 2.63. The summed E-state index contributed by atoms with van der Waals surface area (Å²) in [6.07, 6.45) is 3.87. The maximum atomic E-state index is 4.68. The number of rotatable bonds is 4. The maximum absolute atomic E-state index is 4.68. The van der Waals surface area contributed by atoms with Crippen molar-refractivity contribution in [2.24, 2.45) is 4.99 Å². The molecule has 0 saturated carbocycles. The standard InChI is InChI=1S/C17H18N2/c1-14(2)12-17(16-10-6-7-11-18-16)19-13-15-8-4-3-5-9-15/h3-12H,13H2,1-2H3. The highest BCUT2D eigenvalue weighted by Gasteiger charge is 2.01. The zero-order valence-electron chi connectivity index (χ0n) is 11.4. The summed E-state index contributed by atoms with van der Waals surface area (Å²) in [7, 11) is 0. The SMILES string of the molecule is CC(C)=CC(=NCc1ccccc1)c1ccccn1. The fraction of sp³-hybridized carbons (Fsp3) is 0.176. The molecular weight excluding hydrogens is 232 g/mol. The Morgan fingerprint density at radius 3 is 2.42 bits per heavy atom. The molecule has 0 aliphatic heterocycles. The maximum Gasteiger partial charge on any atom is 0.0881 e. The molecule has 0 unspecified atom stereocenters. The van der Waals surface area contributed by atoms with Gasteiger partial charge in [0.05, 0.1) is 18.0 Å². The van der Waals surface area contributed by atoms with Crippen LogP contribution < -0.4 is 0 Å². The lowest BCUT2D eigenvalue weighted by atomic mass is 10.1. The van der Waals surface area contributed by atoms with Crippen LogP contribution in [0.4, 0.5) is 0 Å². The molecule has 19 heavy (non-hydrogen) atoms. The number of aromatic nitrogens is 1. The van der Waals surface area contributed by atoms with Crippen LogP contribution in [-0.4, -0.2) is 10.7 Å². The van der Waals surface area contributed by atoms with E-state index < -0.39 is 0 Å². The molecule has 0 fully saturated rings. The number of aliphatic imine (C=N–C) groups is 1. The minimum Gasteiger partial charge on any atom is -0.278 e. The number of nitrogens with zero attached hydrogens (tertiary/aromatic N) is 2. The molecule has 1 aromatic heterocycles. The molecule has 1 aromatic carbocycles. The van der Waals surface area contributed by atoms with Gasteiger partial charge in [0, 0.05) is 6.20 Å². The Morgan fingerprint density at radius 2 is 1.79 bits per heavy atom. The predicted octanol–water partition coefficient (Wildman–Crippen LogP) is 4.04. The van der Waals surface area contributed by atoms with E-state index in [4.69, 9.17) is 0 Å². The molecule has 0 aliphatic rings. The Morgan fingerprint density at radius 1 is 1.05 bits per heavy atom. The van der Waals surface area contributed by atoms with Gasteiger partial charge < -0.3 is 0 Å². The van der Waals surface area contributed by atoms with E-state index in [9.17, 15) is 0 Å². The summed E-state index contributed by atoms with van der Waals surface area (Å²) in [4.78, 5) is 9.05. The van der Waals surface area contributed by atoms with Gasteiger partial charge in [0.1, 0.15) is 0 Å². The number of allylic oxidation sites excluding steroid dienone is 2. The topological polar surface area (TPSA) is 25.2 Å². The second-order valence-electron chi connectivity index (χ2n) is 4.62. The molecule has 0 aliphatic carbocycles. The Kier molecular flexibility index (Phi) is 4.62. The quantitative estimate of drug-likeness (QED) is 0.752. The van der Waals surface area contributed by atoms with Crippen LogP contribution in [0.5, 0.6) is 0 Å². The minimum absolute atomic E-state index is 0.677. The molecule has 0 saturated heterocycles. The fourth-order valence-corrected chi connectivity index (χ4v) is 1.75. The van der Waals surface area contributed by atoms with Crippen molar-refractivity contribution in [2.75, 3.05) is 0 Å². The van der Waals surface area contributed by atoms with Gasteiger partial charge in [-0.05, 0) is 37.6 Å². The normalized spacial score (nSPS) is 11.2. The molecular formula is C17H18N2. The van der Waals surface area contributed by atoms with Gasteiger partial charge in [0.15, 0.2) is 0 Å². The van der Waals surface area contributed by atoms with Crippen molar-refractivity contribution >= 4 is 5.71 Å². The molecule has 2 nitrogen and oxygen atoms in total. The van der Waals surface area contributed by atoms with Gasteiger partial charge in [-0.1, -0.05) is 42.0 Å². The first-order chi connectivity index (χ1) is 9.25. The highest BCUT2D eigenvalue weighted by molar-refractivity contribution is 6.07. The Labute approximate surface area is 114 Å². The van der Waals surface area contributed by atoms with Crippen molar-refractivity contribution < 1.29 is 0 Å². The molecule has 0 N–H and O–H groups in total. The monoisotopic (exact) mass is 250 g/mol. The number of pyridine rings is 1. The molecule has 96 valence electrons. The summed E-state index contributed by atoms with van der Waals surface area (Å²) >= 11 is 0. The van der Waals surface area contributed by atoms with Crippen molar-refractivity contribution in [2.45, 2.75) is 20.4 Å². The van der Waals surface area contributed by atoms with Gasteiger partial charge in [0.25, 0.3) is 0 Å².